The van der Waals surface area contributed by atoms with Gasteiger partial charge in [0.15, 0.2) is 6.29 Å². The summed E-state index contributed by atoms with van der Waals surface area (Å²) in [5.74, 6) is 0. The lowest BCUT2D eigenvalue weighted by Gasteiger charge is -2.29. The molecule has 1 aromatic carbocycles. The van der Waals surface area contributed by atoms with Crippen molar-refractivity contribution in [1.29, 1.82) is 0 Å². The Hall–Kier alpha value is -1.16. The highest BCUT2D eigenvalue weighted by atomic mass is 32.2. The first-order valence-corrected chi connectivity index (χ1v) is 6.98. The van der Waals surface area contributed by atoms with Gasteiger partial charge < -0.3 is 9.47 Å². The molecule has 1 saturated heterocycles. The maximum absolute atomic E-state index is 12.1. The van der Waals surface area contributed by atoms with Gasteiger partial charge in [0.1, 0.15) is 6.10 Å². The highest BCUT2D eigenvalue weighted by Crippen LogP contribution is 2.29. The first-order chi connectivity index (χ1) is 9.29. The molecule has 5 nitrogen and oxygen atoms in total. The monoisotopic (exact) mass is 312 g/mol. The zero-order valence-corrected chi connectivity index (χ0v) is 10.9. The Kier molecular flexibility index (Phi) is 4.33. The highest BCUT2D eigenvalue weighted by Gasteiger charge is 2.49. The third-order valence-electron chi connectivity index (χ3n) is 2.48. The summed E-state index contributed by atoms with van der Waals surface area (Å²) in [4.78, 5) is 0. The van der Waals surface area contributed by atoms with Gasteiger partial charge in [-0.15, -0.1) is 0 Å². The van der Waals surface area contributed by atoms with Gasteiger partial charge in [-0.05, 0) is 0 Å². The van der Waals surface area contributed by atoms with Crippen molar-refractivity contribution in [2.45, 2.75) is 17.9 Å². The summed E-state index contributed by atoms with van der Waals surface area (Å²) in [6, 6.07) is 8.72. The summed E-state index contributed by atoms with van der Waals surface area (Å²) in [5, 5.41) is 0. The number of hydrogen-bond donors (Lipinski definition) is 0. The van der Waals surface area contributed by atoms with Gasteiger partial charge in [0, 0.05) is 5.56 Å². The van der Waals surface area contributed by atoms with Crippen molar-refractivity contribution in [1.82, 2.24) is 0 Å². The minimum Gasteiger partial charge on any atom is -0.346 e. The summed E-state index contributed by atoms with van der Waals surface area (Å²) < 4.78 is 72.4. The van der Waals surface area contributed by atoms with Crippen LogP contribution in [-0.4, -0.2) is 33.2 Å². The van der Waals surface area contributed by atoms with E-state index in [-0.39, 0.29) is 13.2 Å². The van der Waals surface area contributed by atoms with E-state index in [1.54, 1.807) is 30.3 Å². The van der Waals surface area contributed by atoms with Crippen LogP contribution >= 0.6 is 0 Å². The molecule has 1 aliphatic rings. The van der Waals surface area contributed by atoms with Crippen LogP contribution in [0.4, 0.5) is 13.2 Å². The molecule has 1 fully saturated rings. The van der Waals surface area contributed by atoms with E-state index in [0.717, 1.165) is 0 Å². The Balaban J connectivity index is 1.93. The lowest BCUT2D eigenvalue weighted by atomic mass is 10.2. The van der Waals surface area contributed by atoms with Gasteiger partial charge in [0.25, 0.3) is 0 Å². The number of alkyl halides is 3. The quantitative estimate of drug-likeness (QED) is 0.631. The molecule has 0 atom stereocenters. The molecular weight excluding hydrogens is 301 g/mol. The van der Waals surface area contributed by atoms with Crippen molar-refractivity contribution < 1.29 is 35.2 Å². The van der Waals surface area contributed by atoms with Gasteiger partial charge >= 0.3 is 15.6 Å². The lowest BCUT2D eigenvalue weighted by Crippen LogP contribution is -2.38. The van der Waals surface area contributed by atoms with Crippen LogP contribution in [0.2, 0.25) is 0 Å². The predicted octanol–water partition coefficient (Wildman–Crippen LogP) is 1.97. The molecule has 0 spiro atoms. The summed E-state index contributed by atoms with van der Waals surface area (Å²) in [7, 11) is -5.64. The van der Waals surface area contributed by atoms with E-state index in [1.165, 1.54) is 0 Å². The summed E-state index contributed by atoms with van der Waals surface area (Å²) in [6.45, 7) is -0.621. The third-order valence-corrected chi connectivity index (χ3v) is 3.58. The van der Waals surface area contributed by atoms with Gasteiger partial charge in [0.2, 0.25) is 0 Å². The zero-order valence-electron chi connectivity index (χ0n) is 10.0. The Morgan fingerprint density at radius 3 is 2.15 bits per heavy atom. The molecule has 1 aliphatic heterocycles. The van der Waals surface area contributed by atoms with Crippen molar-refractivity contribution >= 4 is 10.1 Å². The molecule has 0 N–H and O–H groups in total. The van der Waals surface area contributed by atoms with Crippen LogP contribution in [0.15, 0.2) is 30.3 Å². The molecule has 0 aliphatic carbocycles. The van der Waals surface area contributed by atoms with Crippen LogP contribution in [0.3, 0.4) is 0 Å². The van der Waals surface area contributed by atoms with Crippen molar-refractivity contribution in [3.8, 4) is 0 Å². The van der Waals surface area contributed by atoms with E-state index in [2.05, 4.69) is 4.18 Å². The standard InChI is InChI=1S/C11H11F3O5S/c12-11(13,14)20(15,16)19-9-6-17-10(18-7-9)8-4-2-1-3-5-8/h1-5,9-10H,6-7H2/t9-,10-. The normalized spacial score (nSPS) is 24.6. The first-order valence-electron chi connectivity index (χ1n) is 5.57. The fourth-order valence-corrected chi connectivity index (χ4v) is 2.16. The lowest BCUT2D eigenvalue weighted by molar-refractivity contribution is -0.216. The van der Waals surface area contributed by atoms with Crippen LogP contribution in [0.25, 0.3) is 0 Å². The topological polar surface area (TPSA) is 61.8 Å². The van der Waals surface area contributed by atoms with Crippen LogP contribution in [-0.2, 0) is 23.8 Å². The molecule has 20 heavy (non-hydrogen) atoms. The minimum atomic E-state index is -5.64. The average molecular weight is 312 g/mol. The molecule has 0 bridgehead atoms. The van der Waals surface area contributed by atoms with E-state index in [0.29, 0.717) is 5.56 Å². The van der Waals surface area contributed by atoms with Crippen LogP contribution < -0.4 is 0 Å². The molecule has 1 aromatic rings. The van der Waals surface area contributed by atoms with E-state index in [9.17, 15) is 21.6 Å². The SMILES string of the molecule is O=S(=O)(O[C@H]1CO[C@H](c2ccccc2)OC1)C(F)(F)F. The predicted molar refractivity (Wildman–Crippen MR) is 60.9 cm³/mol. The molecule has 0 unspecified atom stereocenters. The first kappa shape index (κ1) is 15.2. The molecule has 1 heterocycles. The molecule has 0 amide bonds. The fourth-order valence-electron chi connectivity index (χ4n) is 1.58. The maximum atomic E-state index is 12.1. The highest BCUT2D eigenvalue weighted by molar-refractivity contribution is 7.87. The number of benzene rings is 1. The second-order valence-corrected chi connectivity index (χ2v) is 5.59. The number of halogens is 3. The molecule has 0 aromatic heterocycles. The second kappa shape index (κ2) is 5.68. The molecule has 2 rings (SSSR count). The van der Waals surface area contributed by atoms with Crippen LogP contribution in [0.1, 0.15) is 11.9 Å². The Morgan fingerprint density at radius 1 is 1.10 bits per heavy atom. The van der Waals surface area contributed by atoms with Crippen LogP contribution in [0.5, 0.6) is 0 Å². The van der Waals surface area contributed by atoms with Crippen molar-refractivity contribution in [3.05, 3.63) is 35.9 Å². The number of ether oxygens (including phenoxy) is 2. The molecule has 0 saturated carbocycles. The smallest absolute Gasteiger partial charge is 0.346 e. The van der Waals surface area contributed by atoms with E-state index in [1.807, 2.05) is 0 Å². The average Bonchev–Trinajstić information content (AvgIpc) is 2.39. The van der Waals surface area contributed by atoms with E-state index in [4.69, 9.17) is 9.47 Å². The van der Waals surface area contributed by atoms with Gasteiger partial charge in [-0.2, -0.15) is 21.6 Å². The van der Waals surface area contributed by atoms with Gasteiger partial charge in [0.05, 0.1) is 13.2 Å². The van der Waals surface area contributed by atoms with Crippen molar-refractivity contribution in [3.63, 3.8) is 0 Å². The van der Waals surface area contributed by atoms with E-state index >= 15 is 0 Å². The molecule has 112 valence electrons. The summed E-state index contributed by atoms with van der Waals surface area (Å²) in [5.41, 5.74) is -4.77. The third kappa shape index (κ3) is 3.48. The van der Waals surface area contributed by atoms with Gasteiger partial charge in [-0.25, -0.2) is 0 Å². The Bertz CT molecular complexity index is 535. The van der Waals surface area contributed by atoms with Crippen molar-refractivity contribution in [2.24, 2.45) is 0 Å². The van der Waals surface area contributed by atoms with Gasteiger partial charge in [-0.3, -0.25) is 4.18 Å². The number of rotatable bonds is 3. The van der Waals surface area contributed by atoms with Gasteiger partial charge in [-0.1, -0.05) is 30.3 Å². The molecule has 0 radical (unpaired) electrons. The Labute approximate surface area is 113 Å². The zero-order chi connectivity index (χ0) is 14.8. The van der Waals surface area contributed by atoms with Crippen molar-refractivity contribution in [2.75, 3.05) is 13.2 Å². The summed E-state index contributed by atoms with van der Waals surface area (Å²) >= 11 is 0. The summed E-state index contributed by atoms with van der Waals surface area (Å²) in [6.07, 6.45) is -2.06. The Morgan fingerprint density at radius 2 is 1.65 bits per heavy atom. The van der Waals surface area contributed by atoms with Crippen LogP contribution in [0, 0.1) is 0 Å². The second-order valence-electron chi connectivity index (χ2n) is 4.03. The largest absolute Gasteiger partial charge is 0.523 e. The fraction of sp³-hybridized carbons (Fsp3) is 0.455. The number of hydrogen-bond acceptors (Lipinski definition) is 5. The van der Waals surface area contributed by atoms with E-state index < -0.39 is 28.0 Å². The molecular formula is C11H11F3O5S. The minimum absolute atomic E-state index is 0.311. The molecule has 9 heteroatoms. The maximum Gasteiger partial charge on any atom is 0.523 e.